The first kappa shape index (κ1) is 14.1. The number of nitrogens with one attached hydrogen (secondary N) is 1. The zero-order valence-corrected chi connectivity index (χ0v) is 13.3. The van der Waals surface area contributed by atoms with Crippen LogP contribution in [0.15, 0.2) is 42.0 Å². The SMILES string of the molecule is O=C1CCCN1c1cccc(CNc2ncnc3sccc23)c1. The van der Waals surface area contributed by atoms with Gasteiger partial charge in [-0.25, -0.2) is 9.97 Å². The number of benzene rings is 1. The van der Waals surface area contributed by atoms with E-state index in [4.69, 9.17) is 0 Å². The van der Waals surface area contributed by atoms with Gasteiger partial charge in [0.25, 0.3) is 0 Å². The number of nitrogens with zero attached hydrogens (tertiary/aromatic N) is 3. The molecule has 23 heavy (non-hydrogen) atoms. The lowest BCUT2D eigenvalue weighted by molar-refractivity contribution is -0.117. The van der Waals surface area contributed by atoms with Crippen LogP contribution in [0.5, 0.6) is 0 Å². The van der Waals surface area contributed by atoms with Crippen LogP contribution in [0.4, 0.5) is 11.5 Å². The van der Waals surface area contributed by atoms with E-state index in [2.05, 4.69) is 27.4 Å². The number of fused-ring (bicyclic) bond motifs is 1. The van der Waals surface area contributed by atoms with Gasteiger partial charge < -0.3 is 10.2 Å². The fourth-order valence-electron chi connectivity index (χ4n) is 2.87. The molecule has 0 bridgehead atoms. The van der Waals surface area contributed by atoms with Gasteiger partial charge in [0.2, 0.25) is 5.91 Å². The normalized spacial score (nSPS) is 14.6. The summed E-state index contributed by atoms with van der Waals surface area (Å²) < 4.78 is 0. The first-order chi connectivity index (χ1) is 11.3. The maximum absolute atomic E-state index is 11.9. The van der Waals surface area contributed by atoms with Crippen LogP contribution in [0, 0.1) is 0 Å². The number of rotatable bonds is 4. The Labute approximate surface area is 138 Å². The molecule has 1 aliphatic rings. The van der Waals surface area contributed by atoms with E-state index in [9.17, 15) is 4.79 Å². The number of anilines is 2. The lowest BCUT2D eigenvalue weighted by Gasteiger charge is -2.16. The lowest BCUT2D eigenvalue weighted by Crippen LogP contribution is -2.23. The minimum absolute atomic E-state index is 0.214. The molecule has 116 valence electrons. The van der Waals surface area contributed by atoms with Crippen molar-refractivity contribution < 1.29 is 4.79 Å². The number of aromatic nitrogens is 2. The summed E-state index contributed by atoms with van der Waals surface area (Å²) in [5.41, 5.74) is 2.11. The summed E-state index contributed by atoms with van der Waals surface area (Å²) in [5.74, 6) is 1.06. The quantitative estimate of drug-likeness (QED) is 0.799. The molecular weight excluding hydrogens is 308 g/mol. The standard InChI is InChI=1S/C17H16N4OS/c22-15-5-2-7-21(15)13-4-1-3-12(9-13)10-18-16-14-6-8-23-17(14)20-11-19-16/h1,3-4,6,8-9,11H,2,5,7,10H2,(H,18,19,20). The second-order valence-corrected chi connectivity index (χ2v) is 6.43. The zero-order valence-electron chi connectivity index (χ0n) is 12.5. The van der Waals surface area contributed by atoms with Crippen LogP contribution in [-0.4, -0.2) is 22.4 Å². The van der Waals surface area contributed by atoms with Gasteiger partial charge in [-0.2, -0.15) is 0 Å². The Morgan fingerprint density at radius 2 is 2.22 bits per heavy atom. The summed E-state index contributed by atoms with van der Waals surface area (Å²) in [7, 11) is 0. The smallest absolute Gasteiger partial charge is 0.227 e. The molecule has 0 spiro atoms. The van der Waals surface area contributed by atoms with Crippen LogP contribution in [0.3, 0.4) is 0 Å². The van der Waals surface area contributed by atoms with E-state index >= 15 is 0 Å². The van der Waals surface area contributed by atoms with Crippen molar-refractivity contribution in [2.75, 3.05) is 16.8 Å². The van der Waals surface area contributed by atoms with Gasteiger partial charge in [0.1, 0.15) is 17.0 Å². The highest BCUT2D eigenvalue weighted by Gasteiger charge is 2.21. The van der Waals surface area contributed by atoms with E-state index in [0.29, 0.717) is 13.0 Å². The topological polar surface area (TPSA) is 58.1 Å². The van der Waals surface area contributed by atoms with Crippen LogP contribution < -0.4 is 10.2 Å². The number of thiophene rings is 1. The molecule has 3 heterocycles. The fraction of sp³-hybridized carbons (Fsp3) is 0.235. The molecule has 4 rings (SSSR count). The third-order valence-corrected chi connectivity index (χ3v) is 4.84. The van der Waals surface area contributed by atoms with Gasteiger partial charge in [0.15, 0.2) is 0 Å². The molecule has 1 aliphatic heterocycles. The maximum atomic E-state index is 11.9. The lowest BCUT2D eigenvalue weighted by atomic mass is 10.2. The minimum Gasteiger partial charge on any atom is -0.365 e. The number of hydrogen-bond acceptors (Lipinski definition) is 5. The molecule has 0 atom stereocenters. The van der Waals surface area contributed by atoms with Gasteiger partial charge in [-0.15, -0.1) is 11.3 Å². The maximum Gasteiger partial charge on any atom is 0.227 e. The third-order valence-electron chi connectivity index (χ3n) is 4.02. The minimum atomic E-state index is 0.214. The average Bonchev–Trinajstić information content (AvgIpc) is 3.22. The van der Waals surface area contributed by atoms with E-state index in [0.717, 1.165) is 40.3 Å². The van der Waals surface area contributed by atoms with Gasteiger partial charge in [0, 0.05) is 25.2 Å². The van der Waals surface area contributed by atoms with E-state index < -0.39 is 0 Å². The summed E-state index contributed by atoms with van der Waals surface area (Å²) in [6.45, 7) is 1.48. The molecule has 2 aromatic heterocycles. The molecule has 3 aromatic rings. The first-order valence-electron chi connectivity index (χ1n) is 7.63. The Morgan fingerprint density at radius 1 is 1.26 bits per heavy atom. The Kier molecular flexibility index (Phi) is 3.67. The van der Waals surface area contributed by atoms with Crippen LogP contribution in [-0.2, 0) is 11.3 Å². The molecule has 0 aliphatic carbocycles. The van der Waals surface area contributed by atoms with Crippen LogP contribution >= 0.6 is 11.3 Å². The van der Waals surface area contributed by atoms with Gasteiger partial charge in [-0.3, -0.25) is 4.79 Å². The summed E-state index contributed by atoms with van der Waals surface area (Å²) in [6.07, 6.45) is 3.18. The monoisotopic (exact) mass is 324 g/mol. The summed E-state index contributed by atoms with van der Waals surface area (Å²) in [6, 6.07) is 10.2. The van der Waals surface area contributed by atoms with E-state index in [1.165, 1.54) is 0 Å². The van der Waals surface area contributed by atoms with Crippen molar-refractivity contribution in [2.24, 2.45) is 0 Å². The predicted octanol–water partition coefficient (Wildman–Crippen LogP) is 3.43. The van der Waals surface area contributed by atoms with Crippen molar-refractivity contribution in [1.29, 1.82) is 0 Å². The molecule has 1 fully saturated rings. The average molecular weight is 324 g/mol. The second kappa shape index (κ2) is 5.96. The molecule has 6 heteroatoms. The molecule has 1 amide bonds. The van der Waals surface area contributed by atoms with Crippen molar-refractivity contribution in [2.45, 2.75) is 19.4 Å². The number of hydrogen-bond donors (Lipinski definition) is 1. The van der Waals surface area contributed by atoms with E-state index in [1.54, 1.807) is 17.7 Å². The highest BCUT2D eigenvalue weighted by Crippen LogP contribution is 2.25. The summed E-state index contributed by atoms with van der Waals surface area (Å²) in [5, 5.41) is 6.43. The summed E-state index contributed by atoms with van der Waals surface area (Å²) in [4.78, 5) is 23.3. The van der Waals surface area contributed by atoms with Gasteiger partial charge in [0.05, 0.1) is 5.39 Å². The van der Waals surface area contributed by atoms with Crippen molar-refractivity contribution in [3.05, 3.63) is 47.6 Å². The fourth-order valence-corrected chi connectivity index (χ4v) is 3.60. The first-order valence-corrected chi connectivity index (χ1v) is 8.50. The van der Waals surface area contributed by atoms with Crippen molar-refractivity contribution in [3.8, 4) is 0 Å². The Bertz CT molecular complexity index is 860. The zero-order chi connectivity index (χ0) is 15.6. The highest BCUT2D eigenvalue weighted by molar-refractivity contribution is 7.16. The number of carbonyl (C=O) groups is 1. The van der Waals surface area contributed by atoms with Crippen molar-refractivity contribution in [3.63, 3.8) is 0 Å². The second-order valence-electron chi connectivity index (χ2n) is 5.53. The number of carbonyl (C=O) groups excluding carboxylic acids is 1. The summed E-state index contributed by atoms with van der Waals surface area (Å²) >= 11 is 1.61. The molecule has 5 nitrogen and oxygen atoms in total. The van der Waals surface area contributed by atoms with Gasteiger partial charge >= 0.3 is 0 Å². The van der Waals surface area contributed by atoms with Crippen molar-refractivity contribution >= 4 is 39.0 Å². The van der Waals surface area contributed by atoms with Crippen LogP contribution in [0.25, 0.3) is 10.2 Å². The Balaban J connectivity index is 1.53. The van der Waals surface area contributed by atoms with Crippen LogP contribution in [0.2, 0.25) is 0 Å². The van der Waals surface area contributed by atoms with E-state index in [1.807, 2.05) is 28.5 Å². The molecule has 1 N–H and O–H groups in total. The molecule has 1 aromatic carbocycles. The molecule has 0 saturated carbocycles. The van der Waals surface area contributed by atoms with Gasteiger partial charge in [-0.05, 0) is 35.6 Å². The molecular formula is C17H16N4OS. The predicted molar refractivity (Wildman–Crippen MR) is 92.8 cm³/mol. The third kappa shape index (κ3) is 2.77. The molecule has 0 unspecified atom stereocenters. The Morgan fingerprint density at radius 3 is 3.09 bits per heavy atom. The van der Waals surface area contributed by atoms with Crippen LogP contribution in [0.1, 0.15) is 18.4 Å². The Hall–Kier alpha value is -2.47. The molecule has 1 saturated heterocycles. The highest BCUT2D eigenvalue weighted by atomic mass is 32.1. The molecule has 0 radical (unpaired) electrons. The largest absolute Gasteiger partial charge is 0.365 e. The van der Waals surface area contributed by atoms with Crippen molar-refractivity contribution in [1.82, 2.24) is 9.97 Å². The van der Waals surface area contributed by atoms with Gasteiger partial charge in [-0.1, -0.05) is 12.1 Å². The number of amides is 1. The van der Waals surface area contributed by atoms with E-state index in [-0.39, 0.29) is 5.91 Å².